The van der Waals surface area contributed by atoms with Gasteiger partial charge in [-0.05, 0) is 24.6 Å². The number of nitrogens with one attached hydrogen (secondary N) is 2. The Morgan fingerprint density at radius 2 is 2.07 bits per heavy atom. The van der Waals surface area contributed by atoms with E-state index in [1.165, 1.54) is 6.92 Å². The van der Waals surface area contributed by atoms with E-state index in [0.29, 0.717) is 18.0 Å². The summed E-state index contributed by atoms with van der Waals surface area (Å²) in [5, 5.41) is 10.2. The number of hydrogen-bond donors (Lipinski definition) is 2. The van der Waals surface area contributed by atoms with Crippen LogP contribution in [0.2, 0.25) is 0 Å². The summed E-state index contributed by atoms with van der Waals surface area (Å²) in [5.74, 6) is 1.40. The maximum Gasteiger partial charge on any atom is 0.221 e. The van der Waals surface area contributed by atoms with Gasteiger partial charge in [-0.1, -0.05) is 11.2 Å². The van der Waals surface area contributed by atoms with Crippen molar-refractivity contribution in [3.63, 3.8) is 0 Å². The minimum absolute atomic E-state index is 0.134. The Hall–Kier alpha value is -3.07. The van der Waals surface area contributed by atoms with E-state index in [-0.39, 0.29) is 5.91 Å². The number of benzene rings is 1. The number of amides is 1. The third-order valence-electron chi connectivity index (χ3n) is 4.87. The molecule has 0 bridgehead atoms. The highest BCUT2D eigenvalue weighted by Crippen LogP contribution is 2.25. The Morgan fingerprint density at radius 1 is 1.27 bits per heavy atom. The number of guanidine groups is 1. The summed E-state index contributed by atoms with van der Waals surface area (Å²) >= 11 is 0. The fourth-order valence-electron chi connectivity index (χ4n) is 3.40. The molecule has 162 valence electrons. The van der Waals surface area contributed by atoms with Gasteiger partial charge in [0, 0.05) is 52.3 Å². The van der Waals surface area contributed by atoms with Crippen LogP contribution >= 0.6 is 0 Å². The third kappa shape index (κ3) is 5.96. The summed E-state index contributed by atoms with van der Waals surface area (Å²) in [6.45, 7) is 9.33. The summed E-state index contributed by atoms with van der Waals surface area (Å²) in [6.07, 6.45) is 1.61. The van der Waals surface area contributed by atoms with Crippen molar-refractivity contribution in [3.05, 3.63) is 41.8 Å². The lowest BCUT2D eigenvalue weighted by molar-refractivity contribution is -0.114. The first kappa shape index (κ1) is 21.6. The molecule has 1 aliphatic heterocycles. The van der Waals surface area contributed by atoms with E-state index in [0.717, 1.165) is 56.5 Å². The topological polar surface area (TPSA) is 95.2 Å². The lowest BCUT2D eigenvalue weighted by Crippen LogP contribution is -2.52. The van der Waals surface area contributed by atoms with E-state index in [4.69, 9.17) is 14.3 Å². The fourth-order valence-corrected chi connectivity index (χ4v) is 3.40. The molecule has 0 unspecified atom stereocenters. The number of carbonyl (C=O) groups excluding carboxylic acids is 1. The van der Waals surface area contributed by atoms with Gasteiger partial charge in [0.1, 0.15) is 12.0 Å². The highest BCUT2D eigenvalue weighted by Gasteiger charge is 2.20. The number of ether oxygens (including phenoxy) is 1. The number of aromatic nitrogens is 1. The molecule has 30 heavy (non-hydrogen) atoms. The molecule has 0 saturated carbocycles. The van der Waals surface area contributed by atoms with Crippen molar-refractivity contribution in [1.82, 2.24) is 20.3 Å². The van der Waals surface area contributed by atoms with Crippen LogP contribution in [0.15, 0.2) is 40.0 Å². The summed E-state index contributed by atoms with van der Waals surface area (Å²) < 4.78 is 10.2. The molecule has 1 saturated heterocycles. The number of methoxy groups -OCH3 is 1. The van der Waals surface area contributed by atoms with Crippen LogP contribution < -0.4 is 15.4 Å². The first-order valence-corrected chi connectivity index (χ1v) is 10.2. The highest BCUT2D eigenvalue weighted by atomic mass is 16.5. The van der Waals surface area contributed by atoms with Crippen molar-refractivity contribution in [1.29, 1.82) is 0 Å². The number of anilines is 1. The molecule has 0 spiro atoms. The number of hydrogen-bond acceptors (Lipinski definition) is 6. The Morgan fingerprint density at radius 3 is 2.70 bits per heavy atom. The molecule has 1 fully saturated rings. The van der Waals surface area contributed by atoms with Crippen LogP contribution in [0.1, 0.15) is 25.1 Å². The van der Waals surface area contributed by atoms with Gasteiger partial charge in [0.05, 0.1) is 25.0 Å². The maximum atomic E-state index is 11.5. The van der Waals surface area contributed by atoms with Gasteiger partial charge in [0.25, 0.3) is 0 Å². The highest BCUT2D eigenvalue weighted by molar-refractivity contribution is 5.90. The van der Waals surface area contributed by atoms with Crippen LogP contribution in [0.4, 0.5) is 5.69 Å². The number of aliphatic imine (C=N–C) groups is 1. The molecule has 2 aromatic rings. The van der Waals surface area contributed by atoms with E-state index in [2.05, 4.69) is 32.5 Å². The van der Waals surface area contributed by atoms with E-state index in [1.54, 1.807) is 13.4 Å². The quantitative estimate of drug-likeness (QED) is 0.528. The zero-order valence-corrected chi connectivity index (χ0v) is 17.9. The number of rotatable bonds is 7. The van der Waals surface area contributed by atoms with Crippen molar-refractivity contribution < 1.29 is 14.1 Å². The van der Waals surface area contributed by atoms with Gasteiger partial charge in [-0.25, -0.2) is 4.99 Å². The van der Waals surface area contributed by atoms with Crippen LogP contribution in [0.5, 0.6) is 5.75 Å². The normalized spacial score (nSPS) is 15.2. The van der Waals surface area contributed by atoms with Gasteiger partial charge in [0.2, 0.25) is 5.91 Å². The van der Waals surface area contributed by atoms with Crippen molar-refractivity contribution in [2.75, 3.05) is 45.2 Å². The number of nitrogens with zero attached hydrogens (tertiary/aromatic N) is 4. The van der Waals surface area contributed by atoms with Crippen LogP contribution in [-0.2, 0) is 17.9 Å². The maximum absolute atomic E-state index is 11.5. The van der Waals surface area contributed by atoms with Gasteiger partial charge >= 0.3 is 0 Å². The van der Waals surface area contributed by atoms with E-state index in [9.17, 15) is 4.79 Å². The lowest BCUT2D eigenvalue weighted by atomic mass is 10.2. The summed E-state index contributed by atoms with van der Waals surface area (Å²) in [5.41, 5.74) is 2.61. The molecule has 0 aliphatic carbocycles. The van der Waals surface area contributed by atoms with E-state index in [1.807, 2.05) is 24.3 Å². The van der Waals surface area contributed by atoms with Gasteiger partial charge in [-0.2, -0.15) is 0 Å². The Labute approximate surface area is 177 Å². The minimum Gasteiger partial charge on any atom is -0.495 e. The molecule has 1 aromatic heterocycles. The second-order valence-electron chi connectivity index (χ2n) is 7.14. The monoisotopic (exact) mass is 414 g/mol. The summed E-state index contributed by atoms with van der Waals surface area (Å²) in [4.78, 5) is 20.9. The molecule has 1 aliphatic rings. The zero-order valence-electron chi connectivity index (χ0n) is 17.9. The van der Waals surface area contributed by atoms with Crippen molar-refractivity contribution in [2.24, 2.45) is 4.99 Å². The first-order chi connectivity index (χ1) is 14.6. The van der Waals surface area contributed by atoms with Crippen molar-refractivity contribution in [3.8, 4) is 5.75 Å². The second-order valence-corrected chi connectivity index (χ2v) is 7.14. The van der Waals surface area contributed by atoms with Gasteiger partial charge < -0.3 is 24.8 Å². The van der Waals surface area contributed by atoms with Crippen LogP contribution in [-0.4, -0.2) is 66.7 Å². The first-order valence-electron chi connectivity index (χ1n) is 10.2. The summed E-state index contributed by atoms with van der Waals surface area (Å²) in [6, 6.07) is 7.63. The molecule has 0 radical (unpaired) electrons. The Kier molecular flexibility index (Phi) is 7.67. The van der Waals surface area contributed by atoms with E-state index < -0.39 is 0 Å². The van der Waals surface area contributed by atoms with Crippen molar-refractivity contribution >= 4 is 17.6 Å². The lowest BCUT2D eigenvalue weighted by Gasteiger charge is -2.36. The van der Waals surface area contributed by atoms with Gasteiger partial charge in [-0.3, -0.25) is 9.69 Å². The number of piperazine rings is 1. The SMILES string of the molecule is CCNC(=NCc1ccc(OC)c(NC(C)=O)c1)N1CCN(Cc2ccon2)CC1. The van der Waals surface area contributed by atoms with Crippen LogP contribution in [0, 0.1) is 0 Å². The Balaban J connectivity index is 1.62. The molecular weight excluding hydrogens is 384 g/mol. The molecule has 2 heterocycles. The average molecular weight is 415 g/mol. The zero-order chi connectivity index (χ0) is 21.3. The second kappa shape index (κ2) is 10.6. The van der Waals surface area contributed by atoms with E-state index >= 15 is 0 Å². The minimum atomic E-state index is -0.134. The predicted octanol–water partition coefficient (Wildman–Crippen LogP) is 1.92. The largest absolute Gasteiger partial charge is 0.495 e. The third-order valence-corrected chi connectivity index (χ3v) is 4.87. The van der Waals surface area contributed by atoms with Gasteiger partial charge in [0.15, 0.2) is 5.96 Å². The molecule has 1 aromatic carbocycles. The standard InChI is InChI=1S/C21H30N6O3/c1-4-22-21(27-10-8-26(9-11-27)15-18-7-12-30-25-18)23-14-17-5-6-20(29-3)19(13-17)24-16(2)28/h5-7,12-13H,4,8-11,14-15H2,1-3H3,(H,22,23)(H,24,28). The van der Waals surface area contributed by atoms with Gasteiger partial charge in [-0.15, -0.1) is 0 Å². The predicted molar refractivity (Wildman–Crippen MR) is 115 cm³/mol. The Bertz CT molecular complexity index is 844. The smallest absolute Gasteiger partial charge is 0.221 e. The molecule has 2 N–H and O–H groups in total. The molecule has 1 amide bonds. The number of carbonyl (C=O) groups is 1. The molecule has 0 atom stereocenters. The summed E-state index contributed by atoms with van der Waals surface area (Å²) in [7, 11) is 1.59. The molecule has 9 heteroatoms. The van der Waals surface area contributed by atoms with Crippen LogP contribution in [0.25, 0.3) is 0 Å². The average Bonchev–Trinajstić information content (AvgIpc) is 3.24. The van der Waals surface area contributed by atoms with Crippen LogP contribution in [0.3, 0.4) is 0 Å². The molecular formula is C21H30N6O3. The van der Waals surface area contributed by atoms with Crippen molar-refractivity contribution in [2.45, 2.75) is 26.9 Å². The molecule has 9 nitrogen and oxygen atoms in total. The molecule has 3 rings (SSSR count). The fraction of sp³-hybridized carbons (Fsp3) is 0.476.